The van der Waals surface area contributed by atoms with Crippen LogP contribution in [0.5, 0.6) is 11.5 Å². The lowest BCUT2D eigenvalue weighted by Crippen LogP contribution is -2.12. The Labute approximate surface area is 183 Å². The van der Waals surface area contributed by atoms with Gasteiger partial charge in [-0.3, -0.25) is 4.79 Å². The monoisotopic (exact) mass is 474 g/mol. The van der Waals surface area contributed by atoms with Crippen LogP contribution < -0.4 is 15.2 Å². The molecule has 3 rings (SSSR count). The Morgan fingerprint density at radius 1 is 1.10 bits per heavy atom. The van der Waals surface area contributed by atoms with E-state index in [-0.39, 0.29) is 16.5 Å². The third kappa shape index (κ3) is 5.87. The number of ether oxygens (including phenoxy) is 2. The van der Waals surface area contributed by atoms with Crippen molar-refractivity contribution in [3.05, 3.63) is 63.0 Å². The molecule has 0 unspecified atom stereocenters. The number of carbonyl (C=O) groups is 1. The second-order valence-corrected chi connectivity index (χ2v) is 9.50. The largest absolute Gasteiger partial charge is 0.490 e. The van der Waals surface area contributed by atoms with Crippen LogP contribution in [0.2, 0.25) is 0 Å². The molecule has 152 valence electrons. The first-order valence-electron chi connectivity index (χ1n) is 9.16. The van der Waals surface area contributed by atoms with Gasteiger partial charge in [-0.15, -0.1) is 0 Å². The van der Waals surface area contributed by atoms with Crippen molar-refractivity contribution in [3.63, 3.8) is 0 Å². The van der Waals surface area contributed by atoms with Gasteiger partial charge in [0, 0.05) is 10.0 Å². The lowest BCUT2D eigenvalue weighted by Gasteiger charge is -2.19. The summed E-state index contributed by atoms with van der Waals surface area (Å²) in [5.41, 5.74) is 7.77. The Morgan fingerprint density at radius 3 is 2.41 bits per heavy atom. The second kappa shape index (κ2) is 9.05. The van der Waals surface area contributed by atoms with Gasteiger partial charge < -0.3 is 15.2 Å². The maximum absolute atomic E-state index is 11.9. The average molecular weight is 475 g/mol. The van der Waals surface area contributed by atoms with E-state index in [1.807, 2.05) is 30.3 Å². The molecule has 2 aromatic carbocycles. The van der Waals surface area contributed by atoms with Crippen LogP contribution >= 0.6 is 27.7 Å². The molecule has 2 aromatic rings. The minimum absolute atomic E-state index is 0.114. The van der Waals surface area contributed by atoms with Gasteiger partial charge in [0.05, 0.1) is 4.91 Å². The number of thioether (sulfide) groups is 1. The SMILES string of the molecule is CC(C)(C)c1ccc(OCCOc2ccc(Br)cc2/C=C2/SC(N)=NC2=O)cc1. The van der Waals surface area contributed by atoms with Crippen LogP contribution in [0.25, 0.3) is 6.08 Å². The maximum atomic E-state index is 11.9. The minimum atomic E-state index is -0.333. The van der Waals surface area contributed by atoms with Gasteiger partial charge in [0.2, 0.25) is 0 Å². The molecule has 1 heterocycles. The topological polar surface area (TPSA) is 73.9 Å². The molecule has 29 heavy (non-hydrogen) atoms. The van der Waals surface area contributed by atoms with E-state index < -0.39 is 0 Å². The minimum Gasteiger partial charge on any atom is -0.490 e. The van der Waals surface area contributed by atoms with Crippen molar-refractivity contribution in [3.8, 4) is 11.5 Å². The highest BCUT2D eigenvalue weighted by atomic mass is 79.9. The highest BCUT2D eigenvalue weighted by Gasteiger charge is 2.20. The summed E-state index contributed by atoms with van der Waals surface area (Å²) in [6.45, 7) is 7.32. The van der Waals surface area contributed by atoms with Gasteiger partial charge in [0.15, 0.2) is 5.17 Å². The molecule has 7 heteroatoms. The summed E-state index contributed by atoms with van der Waals surface area (Å²) >= 11 is 4.61. The fourth-order valence-electron chi connectivity index (χ4n) is 2.69. The molecule has 0 radical (unpaired) electrons. The van der Waals surface area contributed by atoms with Gasteiger partial charge >= 0.3 is 0 Å². The summed E-state index contributed by atoms with van der Waals surface area (Å²) in [6.07, 6.45) is 1.74. The van der Waals surface area contributed by atoms with Crippen LogP contribution in [-0.4, -0.2) is 24.3 Å². The normalized spacial score (nSPS) is 15.5. The third-order valence-corrected chi connectivity index (χ3v) is 5.53. The zero-order chi connectivity index (χ0) is 21.0. The van der Waals surface area contributed by atoms with Crippen LogP contribution in [0, 0.1) is 0 Å². The van der Waals surface area contributed by atoms with Crippen molar-refractivity contribution in [2.75, 3.05) is 13.2 Å². The summed E-state index contributed by atoms with van der Waals surface area (Å²) in [5, 5.41) is 0.254. The zero-order valence-electron chi connectivity index (χ0n) is 16.6. The number of carbonyl (C=O) groups excluding carboxylic acids is 1. The summed E-state index contributed by atoms with van der Waals surface area (Å²) in [6, 6.07) is 13.7. The molecule has 1 amide bonds. The Kier molecular flexibility index (Phi) is 6.70. The molecule has 0 atom stereocenters. The van der Waals surface area contributed by atoms with Crippen LogP contribution in [0.15, 0.2) is 56.8 Å². The van der Waals surface area contributed by atoms with Gasteiger partial charge in [0.25, 0.3) is 5.91 Å². The standard InChI is InChI=1S/C22H23BrN2O3S/c1-22(2,3)15-4-7-17(8-5-15)27-10-11-28-18-9-6-16(23)12-14(18)13-19-20(26)25-21(24)29-19/h4-9,12-13H,10-11H2,1-3H3,(H2,24,25,26)/b19-13+. The van der Waals surface area contributed by atoms with Crippen molar-refractivity contribution in [1.29, 1.82) is 0 Å². The quantitative estimate of drug-likeness (QED) is 0.463. The molecular formula is C22H23BrN2O3S. The Hall–Kier alpha value is -2.25. The number of amidine groups is 1. The third-order valence-electron chi connectivity index (χ3n) is 4.23. The number of nitrogens with zero attached hydrogens (tertiary/aromatic N) is 1. The number of aliphatic imine (C=N–C) groups is 1. The number of benzene rings is 2. The number of amides is 1. The Bertz CT molecular complexity index is 963. The smallest absolute Gasteiger partial charge is 0.286 e. The van der Waals surface area contributed by atoms with Crippen LogP contribution in [0.3, 0.4) is 0 Å². The number of rotatable bonds is 6. The Morgan fingerprint density at radius 2 is 1.79 bits per heavy atom. The van der Waals surface area contributed by atoms with Crippen LogP contribution in [-0.2, 0) is 10.2 Å². The first-order valence-corrected chi connectivity index (χ1v) is 10.8. The van der Waals surface area contributed by atoms with E-state index >= 15 is 0 Å². The predicted molar refractivity (Wildman–Crippen MR) is 122 cm³/mol. The molecule has 0 bridgehead atoms. The van der Waals surface area contributed by atoms with Crippen molar-refractivity contribution in [1.82, 2.24) is 0 Å². The lowest BCUT2D eigenvalue weighted by atomic mass is 9.87. The van der Waals surface area contributed by atoms with E-state index in [0.29, 0.717) is 23.9 Å². The number of hydrogen-bond donors (Lipinski definition) is 1. The average Bonchev–Trinajstić information content (AvgIpc) is 2.97. The number of nitrogens with two attached hydrogens (primary N) is 1. The summed E-state index contributed by atoms with van der Waals surface area (Å²) in [7, 11) is 0. The van der Waals surface area contributed by atoms with E-state index in [9.17, 15) is 4.79 Å². The highest BCUT2D eigenvalue weighted by molar-refractivity contribution is 9.10. The molecular weight excluding hydrogens is 452 g/mol. The number of halogens is 1. The lowest BCUT2D eigenvalue weighted by molar-refractivity contribution is -0.113. The van der Waals surface area contributed by atoms with Crippen LogP contribution in [0.1, 0.15) is 31.9 Å². The predicted octanol–water partition coefficient (Wildman–Crippen LogP) is 5.13. The molecule has 1 aliphatic rings. The molecule has 5 nitrogen and oxygen atoms in total. The Balaban J connectivity index is 1.60. The molecule has 0 fully saturated rings. The summed E-state index contributed by atoms with van der Waals surface area (Å²) < 4.78 is 12.6. The van der Waals surface area contributed by atoms with Crippen molar-refractivity contribution in [2.45, 2.75) is 26.2 Å². The van der Waals surface area contributed by atoms with Gasteiger partial charge in [-0.25, -0.2) is 0 Å². The van der Waals surface area contributed by atoms with Gasteiger partial charge in [0.1, 0.15) is 24.7 Å². The van der Waals surface area contributed by atoms with E-state index in [2.05, 4.69) is 53.8 Å². The van der Waals surface area contributed by atoms with Gasteiger partial charge in [-0.1, -0.05) is 48.8 Å². The first kappa shape index (κ1) is 21.5. The van der Waals surface area contributed by atoms with Crippen LogP contribution in [0.4, 0.5) is 0 Å². The fraction of sp³-hybridized carbons (Fsp3) is 0.273. The van der Waals surface area contributed by atoms with Crippen molar-refractivity contribution in [2.24, 2.45) is 10.7 Å². The van der Waals surface area contributed by atoms with E-state index in [0.717, 1.165) is 27.5 Å². The highest BCUT2D eigenvalue weighted by Crippen LogP contribution is 2.31. The van der Waals surface area contributed by atoms with E-state index in [1.165, 1.54) is 5.56 Å². The van der Waals surface area contributed by atoms with E-state index in [4.69, 9.17) is 15.2 Å². The number of hydrogen-bond acceptors (Lipinski definition) is 5. The van der Waals surface area contributed by atoms with Crippen molar-refractivity contribution < 1.29 is 14.3 Å². The molecule has 0 aromatic heterocycles. The molecule has 0 saturated heterocycles. The molecule has 1 aliphatic heterocycles. The second-order valence-electron chi connectivity index (χ2n) is 7.52. The first-order chi connectivity index (χ1) is 13.7. The van der Waals surface area contributed by atoms with Crippen molar-refractivity contribution >= 4 is 44.8 Å². The molecule has 0 aliphatic carbocycles. The van der Waals surface area contributed by atoms with Gasteiger partial charge in [-0.2, -0.15) is 4.99 Å². The fourth-order valence-corrected chi connectivity index (χ4v) is 3.74. The summed E-state index contributed by atoms with van der Waals surface area (Å²) in [4.78, 5) is 16.1. The van der Waals surface area contributed by atoms with Gasteiger partial charge in [-0.05, 0) is 59.1 Å². The molecule has 2 N–H and O–H groups in total. The molecule has 0 saturated carbocycles. The van der Waals surface area contributed by atoms with E-state index in [1.54, 1.807) is 6.08 Å². The summed E-state index contributed by atoms with van der Waals surface area (Å²) in [5.74, 6) is 1.13. The maximum Gasteiger partial charge on any atom is 0.286 e. The zero-order valence-corrected chi connectivity index (χ0v) is 19.0. The molecule has 0 spiro atoms.